The molecule has 0 amide bonds. The van der Waals surface area contributed by atoms with Crippen LogP contribution < -0.4 is 4.57 Å². The summed E-state index contributed by atoms with van der Waals surface area (Å²) >= 11 is 1.97. The van der Waals surface area contributed by atoms with Gasteiger partial charge in [-0.1, -0.05) is 39.3 Å². The van der Waals surface area contributed by atoms with Crippen molar-refractivity contribution in [2.75, 3.05) is 0 Å². The van der Waals surface area contributed by atoms with Crippen molar-refractivity contribution >= 4 is 31.5 Å². The minimum Gasteiger partial charge on any atom is -0.193 e. The van der Waals surface area contributed by atoms with Crippen LogP contribution in [-0.4, -0.2) is 0 Å². The minimum atomic E-state index is 0.196. The van der Waals surface area contributed by atoms with Crippen LogP contribution >= 0.6 is 11.3 Å². The Morgan fingerprint density at radius 1 is 0.931 bits per heavy atom. The Labute approximate surface area is 178 Å². The van der Waals surface area contributed by atoms with E-state index in [4.69, 9.17) is 0 Å². The summed E-state index contributed by atoms with van der Waals surface area (Å²) in [7, 11) is 0. The Hall–Kier alpha value is -2.19. The zero-order valence-corrected chi connectivity index (χ0v) is 18.6. The van der Waals surface area contributed by atoms with Gasteiger partial charge in [-0.3, -0.25) is 0 Å². The molecule has 0 unspecified atom stereocenters. The van der Waals surface area contributed by atoms with Gasteiger partial charge >= 0.3 is 0 Å². The van der Waals surface area contributed by atoms with E-state index in [-0.39, 0.29) is 5.54 Å². The van der Waals surface area contributed by atoms with Crippen LogP contribution in [0.15, 0.2) is 54.7 Å². The van der Waals surface area contributed by atoms with Crippen LogP contribution in [0.1, 0.15) is 57.6 Å². The van der Waals surface area contributed by atoms with Gasteiger partial charge in [-0.05, 0) is 48.2 Å². The fourth-order valence-corrected chi connectivity index (χ4v) is 6.40. The van der Waals surface area contributed by atoms with Crippen LogP contribution in [0.4, 0.5) is 0 Å². The molecule has 0 bridgehead atoms. The molecule has 0 aliphatic carbocycles. The third-order valence-corrected chi connectivity index (χ3v) is 8.18. The van der Waals surface area contributed by atoms with Crippen LogP contribution in [0.2, 0.25) is 0 Å². The van der Waals surface area contributed by atoms with E-state index >= 15 is 0 Å². The first-order valence-corrected chi connectivity index (χ1v) is 12.0. The summed E-state index contributed by atoms with van der Waals surface area (Å²) in [6.45, 7) is 6.95. The number of thiophene rings is 1. The second-order valence-electron chi connectivity index (χ2n) is 8.61. The Morgan fingerprint density at radius 2 is 1.76 bits per heavy atom. The van der Waals surface area contributed by atoms with Crippen LogP contribution in [-0.2, 0) is 18.4 Å². The number of aryl methyl sites for hydroxylation is 1. The number of rotatable bonds is 5. The Bertz CT molecular complexity index is 1200. The van der Waals surface area contributed by atoms with E-state index in [1.54, 1.807) is 0 Å². The Morgan fingerprint density at radius 3 is 2.55 bits per heavy atom. The van der Waals surface area contributed by atoms with Gasteiger partial charge in [-0.25, -0.2) is 0 Å². The molecule has 0 N–H and O–H groups in total. The summed E-state index contributed by atoms with van der Waals surface area (Å²) < 4.78 is 5.43. The van der Waals surface area contributed by atoms with Crippen LogP contribution in [0.25, 0.3) is 31.4 Å². The first kappa shape index (κ1) is 18.8. The average Bonchev–Trinajstić information content (AvgIpc) is 3.12. The second kappa shape index (κ2) is 7.25. The third kappa shape index (κ3) is 2.92. The average molecular weight is 401 g/mol. The van der Waals surface area contributed by atoms with Crippen molar-refractivity contribution in [1.29, 1.82) is 0 Å². The van der Waals surface area contributed by atoms with Crippen molar-refractivity contribution in [3.63, 3.8) is 0 Å². The first-order valence-electron chi connectivity index (χ1n) is 11.2. The molecule has 0 spiro atoms. The van der Waals surface area contributed by atoms with Gasteiger partial charge in [-0.2, -0.15) is 4.57 Å². The van der Waals surface area contributed by atoms with Crippen LogP contribution in [0, 0.1) is 0 Å². The summed E-state index contributed by atoms with van der Waals surface area (Å²) in [6.07, 6.45) is 9.46. The molecule has 1 aliphatic heterocycles. The number of aromatic nitrogens is 1. The molecule has 0 saturated heterocycles. The van der Waals surface area contributed by atoms with Gasteiger partial charge in [0.1, 0.15) is 0 Å². The smallest absolute Gasteiger partial charge is 0.193 e. The van der Waals surface area contributed by atoms with Gasteiger partial charge in [-0.15, -0.1) is 11.3 Å². The van der Waals surface area contributed by atoms with Crippen molar-refractivity contribution in [3.05, 3.63) is 65.9 Å². The summed E-state index contributed by atoms with van der Waals surface area (Å²) in [5.41, 5.74) is 5.99. The molecule has 1 aliphatic rings. The summed E-state index contributed by atoms with van der Waals surface area (Å²) in [6, 6.07) is 18.8. The molecule has 0 fully saturated rings. The highest BCUT2D eigenvalue weighted by molar-refractivity contribution is 7.25. The summed E-state index contributed by atoms with van der Waals surface area (Å²) in [5.74, 6) is 0. The largest absolute Gasteiger partial charge is 0.213 e. The normalized spacial score (nSPS) is 14.9. The van der Waals surface area contributed by atoms with Crippen molar-refractivity contribution in [1.82, 2.24) is 0 Å². The van der Waals surface area contributed by atoms with Gasteiger partial charge in [0.15, 0.2) is 11.7 Å². The van der Waals surface area contributed by atoms with Crippen molar-refractivity contribution < 1.29 is 4.57 Å². The Kier molecular flexibility index (Phi) is 4.70. The van der Waals surface area contributed by atoms with E-state index in [1.807, 2.05) is 11.3 Å². The minimum absolute atomic E-state index is 0.196. The molecular weight excluding hydrogens is 370 g/mol. The van der Waals surface area contributed by atoms with Gasteiger partial charge in [0.25, 0.3) is 0 Å². The zero-order chi connectivity index (χ0) is 20.0. The maximum absolute atomic E-state index is 2.55. The number of fused-ring (bicyclic) bond motifs is 6. The maximum Gasteiger partial charge on any atom is 0.213 e. The highest BCUT2D eigenvalue weighted by Gasteiger charge is 2.43. The first-order chi connectivity index (χ1) is 14.2. The molecule has 0 saturated carbocycles. The predicted octanol–water partition coefficient (Wildman–Crippen LogP) is 7.42. The zero-order valence-electron chi connectivity index (χ0n) is 17.8. The monoisotopic (exact) mass is 400 g/mol. The molecule has 0 radical (unpaired) electrons. The van der Waals surface area contributed by atoms with E-state index in [0.717, 1.165) is 19.3 Å². The fourth-order valence-electron chi connectivity index (χ4n) is 5.19. The lowest BCUT2D eigenvalue weighted by Crippen LogP contribution is -2.60. The molecule has 148 valence electrons. The summed E-state index contributed by atoms with van der Waals surface area (Å²) in [4.78, 5) is 0. The molecule has 1 nitrogen and oxygen atoms in total. The van der Waals surface area contributed by atoms with Crippen LogP contribution in [0.5, 0.6) is 0 Å². The topological polar surface area (TPSA) is 3.88 Å². The standard InChI is InChI=1S/C27H30NS/c1-4-7-10-19-12-13-21-23-17-22-20(16-26(23)29-25(21)15-19)18-27(5-2,6-3)28-14-9-8-11-24(22)28/h8-9,11-17H,4-7,10,18H2,1-3H3/q+1. The molecule has 3 heterocycles. The van der Waals surface area contributed by atoms with E-state index < -0.39 is 0 Å². The Balaban J connectivity index is 1.71. The number of pyridine rings is 1. The lowest BCUT2D eigenvalue weighted by atomic mass is 9.79. The van der Waals surface area contributed by atoms with Gasteiger partial charge < -0.3 is 0 Å². The van der Waals surface area contributed by atoms with E-state index in [0.29, 0.717) is 0 Å². The quantitative estimate of drug-likeness (QED) is 0.307. The third-order valence-electron chi connectivity index (χ3n) is 7.06. The van der Waals surface area contributed by atoms with Gasteiger partial charge in [0, 0.05) is 51.6 Å². The molecule has 0 atom stereocenters. The number of hydrogen-bond acceptors (Lipinski definition) is 1. The van der Waals surface area contributed by atoms with Gasteiger partial charge in [0.2, 0.25) is 5.69 Å². The molecule has 2 aromatic heterocycles. The van der Waals surface area contributed by atoms with Gasteiger partial charge in [0.05, 0.1) is 5.56 Å². The second-order valence-corrected chi connectivity index (χ2v) is 9.69. The molecule has 2 aromatic carbocycles. The molecule has 2 heteroatoms. The van der Waals surface area contributed by atoms with Crippen molar-refractivity contribution in [2.45, 2.75) is 64.8 Å². The number of hydrogen-bond donors (Lipinski definition) is 0. The van der Waals surface area contributed by atoms with Crippen LogP contribution in [0.3, 0.4) is 0 Å². The summed E-state index contributed by atoms with van der Waals surface area (Å²) in [5, 5.41) is 2.83. The predicted molar refractivity (Wildman–Crippen MR) is 126 cm³/mol. The highest BCUT2D eigenvalue weighted by atomic mass is 32.1. The lowest BCUT2D eigenvalue weighted by molar-refractivity contribution is -0.758. The van der Waals surface area contributed by atoms with Crippen molar-refractivity contribution in [3.8, 4) is 11.3 Å². The van der Waals surface area contributed by atoms with Crippen molar-refractivity contribution in [2.24, 2.45) is 0 Å². The molecular formula is C27H30NS+. The number of benzene rings is 2. The highest BCUT2D eigenvalue weighted by Crippen LogP contribution is 2.42. The maximum atomic E-state index is 2.55. The number of nitrogens with zero attached hydrogens (tertiary/aromatic N) is 1. The molecule has 4 aromatic rings. The number of unbranched alkanes of at least 4 members (excludes halogenated alkanes) is 1. The SMILES string of the molecule is CCCCc1ccc2c(c1)sc1cc3c(cc12)-c1cccc[n+]1C(CC)(CC)C3. The molecule has 29 heavy (non-hydrogen) atoms. The van der Waals surface area contributed by atoms with E-state index in [9.17, 15) is 0 Å². The van der Waals surface area contributed by atoms with E-state index in [2.05, 4.69) is 80.1 Å². The fraction of sp³-hybridized carbons (Fsp3) is 0.370. The molecule has 5 rings (SSSR count). The lowest BCUT2D eigenvalue weighted by Gasteiger charge is -2.32. The van der Waals surface area contributed by atoms with E-state index in [1.165, 1.54) is 61.8 Å².